The first kappa shape index (κ1) is 20.0. The Kier molecular flexibility index (Phi) is 7.13. The van der Waals surface area contributed by atoms with Gasteiger partial charge < -0.3 is 10.6 Å². The van der Waals surface area contributed by atoms with Crippen molar-refractivity contribution in [2.45, 2.75) is 31.7 Å². The minimum absolute atomic E-state index is 0. The fraction of sp³-hybridized carbons (Fsp3) is 0.444. The molecule has 1 aromatic carbocycles. The van der Waals surface area contributed by atoms with E-state index in [2.05, 4.69) is 39.8 Å². The van der Waals surface area contributed by atoms with E-state index in [0.717, 1.165) is 29.6 Å². The molecule has 2 N–H and O–H groups in total. The summed E-state index contributed by atoms with van der Waals surface area (Å²) in [6.07, 6.45) is 6.20. The zero-order chi connectivity index (χ0) is 17.0. The van der Waals surface area contributed by atoms with Gasteiger partial charge in [-0.05, 0) is 37.5 Å². The summed E-state index contributed by atoms with van der Waals surface area (Å²) >= 11 is 6.15. The molecular formula is C18H25ClIN5. The molecule has 7 heteroatoms. The van der Waals surface area contributed by atoms with Gasteiger partial charge >= 0.3 is 0 Å². The van der Waals surface area contributed by atoms with Gasteiger partial charge in [-0.2, -0.15) is 5.10 Å². The van der Waals surface area contributed by atoms with E-state index in [1.165, 1.54) is 18.4 Å². The molecule has 1 aliphatic rings. The number of rotatable bonds is 6. The van der Waals surface area contributed by atoms with Gasteiger partial charge in [0.05, 0.1) is 12.7 Å². The highest BCUT2D eigenvalue weighted by molar-refractivity contribution is 14.0. The van der Waals surface area contributed by atoms with E-state index in [9.17, 15) is 0 Å². The van der Waals surface area contributed by atoms with Crippen LogP contribution in [0.15, 0.2) is 41.7 Å². The Balaban J connectivity index is 0.00000225. The normalized spacial score (nSPS) is 15.4. The standard InChI is InChI=1S/C18H24ClN5.HI/c1-3-20-17(21-10-14-11-23-24(2)12-14)22-13-18(7-8-18)15-5-4-6-16(19)9-15;/h4-6,9,11-12H,3,7-8,10,13H2,1-2H3,(H2,20,21,22);1H. The summed E-state index contributed by atoms with van der Waals surface area (Å²) in [5, 5.41) is 11.8. The zero-order valence-corrected chi connectivity index (χ0v) is 17.7. The summed E-state index contributed by atoms with van der Waals surface area (Å²) in [5.41, 5.74) is 2.60. The van der Waals surface area contributed by atoms with Crippen molar-refractivity contribution in [3.63, 3.8) is 0 Å². The third-order valence-corrected chi connectivity index (χ3v) is 4.64. The van der Waals surface area contributed by atoms with Gasteiger partial charge in [0.15, 0.2) is 5.96 Å². The number of aliphatic imine (C=N–C) groups is 1. The van der Waals surface area contributed by atoms with E-state index in [-0.39, 0.29) is 29.4 Å². The SMILES string of the molecule is CCNC(=NCc1cnn(C)c1)NCC1(c2cccc(Cl)c2)CC1.I. The lowest BCUT2D eigenvalue weighted by atomic mass is 9.96. The molecule has 0 radical (unpaired) electrons. The van der Waals surface area contributed by atoms with Crippen molar-refractivity contribution in [2.24, 2.45) is 12.0 Å². The number of aryl methyl sites for hydroxylation is 1. The van der Waals surface area contributed by atoms with Crippen molar-refractivity contribution in [1.82, 2.24) is 20.4 Å². The molecule has 1 fully saturated rings. The Bertz CT molecular complexity index is 724. The van der Waals surface area contributed by atoms with Gasteiger partial charge in [-0.1, -0.05) is 23.7 Å². The lowest BCUT2D eigenvalue weighted by Gasteiger charge is -2.19. The van der Waals surface area contributed by atoms with Crippen LogP contribution in [-0.4, -0.2) is 28.8 Å². The van der Waals surface area contributed by atoms with Gasteiger partial charge in [-0.15, -0.1) is 24.0 Å². The highest BCUT2D eigenvalue weighted by Crippen LogP contribution is 2.48. The zero-order valence-electron chi connectivity index (χ0n) is 14.6. The van der Waals surface area contributed by atoms with Crippen LogP contribution in [0.5, 0.6) is 0 Å². The average molecular weight is 474 g/mol. The fourth-order valence-corrected chi connectivity index (χ4v) is 3.05. The topological polar surface area (TPSA) is 54.2 Å². The minimum Gasteiger partial charge on any atom is -0.357 e. The molecule has 3 rings (SSSR count). The predicted molar refractivity (Wildman–Crippen MR) is 114 cm³/mol. The van der Waals surface area contributed by atoms with E-state index in [1.807, 2.05) is 31.6 Å². The molecule has 1 heterocycles. The number of nitrogens with one attached hydrogen (secondary N) is 2. The summed E-state index contributed by atoms with van der Waals surface area (Å²) < 4.78 is 1.80. The first-order valence-electron chi connectivity index (χ1n) is 8.37. The molecule has 0 unspecified atom stereocenters. The van der Waals surface area contributed by atoms with Crippen LogP contribution in [0, 0.1) is 0 Å². The Morgan fingerprint density at radius 1 is 1.36 bits per heavy atom. The molecule has 0 spiro atoms. The molecule has 2 aromatic rings. The summed E-state index contributed by atoms with van der Waals surface area (Å²) in [7, 11) is 1.92. The van der Waals surface area contributed by atoms with Gasteiger partial charge in [0.2, 0.25) is 0 Å². The van der Waals surface area contributed by atoms with Crippen molar-refractivity contribution in [1.29, 1.82) is 0 Å². The molecule has 1 aromatic heterocycles. The molecule has 0 amide bonds. The number of benzene rings is 1. The maximum Gasteiger partial charge on any atom is 0.191 e. The number of hydrogen-bond acceptors (Lipinski definition) is 2. The minimum atomic E-state index is 0. The van der Waals surface area contributed by atoms with Gasteiger partial charge in [-0.25, -0.2) is 4.99 Å². The third kappa shape index (κ3) is 5.34. The number of hydrogen-bond donors (Lipinski definition) is 2. The fourth-order valence-electron chi connectivity index (χ4n) is 2.86. The van der Waals surface area contributed by atoms with Gasteiger partial charge in [0.25, 0.3) is 0 Å². The number of halogens is 2. The smallest absolute Gasteiger partial charge is 0.191 e. The summed E-state index contributed by atoms with van der Waals surface area (Å²) in [6.45, 7) is 4.40. The van der Waals surface area contributed by atoms with Crippen LogP contribution in [0.3, 0.4) is 0 Å². The molecule has 0 atom stereocenters. The molecule has 0 bridgehead atoms. The predicted octanol–water partition coefficient (Wildman–Crippen LogP) is 3.48. The largest absolute Gasteiger partial charge is 0.357 e. The average Bonchev–Trinajstić information content (AvgIpc) is 3.25. The molecule has 1 aliphatic carbocycles. The molecular weight excluding hydrogens is 449 g/mol. The Hall–Kier alpha value is -1.28. The van der Waals surface area contributed by atoms with Crippen LogP contribution in [0.1, 0.15) is 30.9 Å². The van der Waals surface area contributed by atoms with Gasteiger partial charge in [0.1, 0.15) is 0 Å². The van der Waals surface area contributed by atoms with E-state index in [0.29, 0.717) is 6.54 Å². The molecule has 136 valence electrons. The van der Waals surface area contributed by atoms with Crippen LogP contribution in [0.4, 0.5) is 0 Å². The molecule has 25 heavy (non-hydrogen) atoms. The monoisotopic (exact) mass is 473 g/mol. The van der Waals surface area contributed by atoms with E-state index in [1.54, 1.807) is 4.68 Å². The molecule has 0 aliphatic heterocycles. The Morgan fingerprint density at radius 3 is 2.76 bits per heavy atom. The maximum atomic E-state index is 6.15. The third-order valence-electron chi connectivity index (χ3n) is 4.41. The molecule has 1 saturated carbocycles. The second-order valence-corrected chi connectivity index (χ2v) is 6.80. The van der Waals surface area contributed by atoms with Crippen LogP contribution < -0.4 is 10.6 Å². The van der Waals surface area contributed by atoms with Crippen LogP contribution in [-0.2, 0) is 19.0 Å². The van der Waals surface area contributed by atoms with Crippen molar-refractivity contribution >= 4 is 41.5 Å². The highest BCUT2D eigenvalue weighted by Gasteiger charge is 2.44. The van der Waals surface area contributed by atoms with Crippen molar-refractivity contribution in [3.8, 4) is 0 Å². The second kappa shape index (κ2) is 8.89. The lowest BCUT2D eigenvalue weighted by Crippen LogP contribution is -2.41. The summed E-state index contributed by atoms with van der Waals surface area (Å²) in [5.74, 6) is 0.842. The molecule has 5 nitrogen and oxygen atoms in total. The number of aromatic nitrogens is 2. The van der Waals surface area contributed by atoms with Crippen LogP contribution in [0.25, 0.3) is 0 Å². The quantitative estimate of drug-likeness (QED) is 0.384. The Labute approximate surface area is 171 Å². The van der Waals surface area contributed by atoms with Crippen molar-refractivity contribution < 1.29 is 0 Å². The van der Waals surface area contributed by atoms with Crippen molar-refractivity contribution in [2.75, 3.05) is 13.1 Å². The van der Waals surface area contributed by atoms with Gasteiger partial charge in [0, 0.05) is 42.3 Å². The first-order valence-corrected chi connectivity index (χ1v) is 8.75. The van der Waals surface area contributed by atoms with Crippen molar-refractivity contribution in [3.05, 3.63) is 52.8 Å². The van der Waals surface area contributed by atoms with Crippen LogP contribution in [0.2, 0.25) is 5.02 Å². The van der Waals surface area contributed by atoms with E-state index in [4.69, 9.17) is 11.6 Å². The summed E-state index contributed by atoms with van der Waals surface area (Å²) in [6, 6.07) is 8.20. The first-order chi connectivity index (χ1) is 11.6. The Morgan fingerprint density at radius 2 is 2.16 bits per heavy atom. The second-order valence-electron chi connectivity index (χ2n) is 6.36. The van der Waals surface area contributed by atoms with Gasteiger partial charge in [-0.3, -0.25) is 4.68 Å². The number of nitrogens with zero attached hydrogens (tertiary/aromatic N) is 3. The summed E-state index contributed by atoms with van der Waals surface area (Å²) in [4.78, 5) is 4.65. The van der Waals surface area contributed by atoms with E-state index < -0.39 is 0 Å². The maximum absolute atomic E-state index is 6.15. The lowest BCUT2D eigenvalue weighted by molar-refractivity contribution is 0.646. The highest BCUT2D eigenvalue weighted by atomic mass is 127. The van der Waals surface area contributed by atoms with Crippen LogP contribution >= 0.6 is 35.6 Å². The van der Waals surface area contributed by atoms with E-state index >= 15 is 0 Å². The number of guanidine groups is 1. The molecule has 0 saturated heterocycles.